The van der Waals surface area contributed by atoms with Gasteiger partial charge in [-0.25, -0.2) is 0 Å². The number of carbonyl (C=O) groups is 4. The lowest BCUT2D eigenvalue weighted by atomic mass is 10.1. The van der Waals surface area contributed by atoms with E-state index in [1.807, 2.05) is 0 Å². The lowest BCUT2D eigenvalue weighted by Crippen LogP contribution is -2.34. The second-order valence-corrected chi connectivity index (χ2v) is 5.33. The van der Waals surface area contributed by atoms with Crippen LogP contribution >= 0.6 is 11.8 Å². The first-order valence-corrected chi connectivity index (χ1v) is 6.67. The summed E-state index contributed by atoms with van der Waals surface area (Å²) in [5, 5.41) is 0.883. The first-order chi connectivity index (χ1) is 9.51. The molecule has 1 N–H and O–H groups in total. The van der Waals surface area contributed by atoms with Crippen LogP contribution in [0.2, 0.25) is 0 Å². The first-order valence-electron chi connectivity index (χ1n) is 5.79. The zero-order valence-electron chi connectivity index (χ0n) is 10.5. The largest absolute Gasteiger partial charge is 0.426 e. The van der Waals surface area contributed by atoms with Crippen LogP contribution in [0.5, 0.6) is 5.75 Å². The van der Waals surface area contributed by atoms with Gasteiger partial charge in [0.15, 0.2) is 0 Å². The lowest BCUT2D eigenvalue weighted by molar-refractivity contribution is -0.140. The Morgan fingerprint density at radius 3 is 2.50 bits per heavy atom. The number of esters is 1. The smallest absolute Gasteiger partial charge is 0.315 e. The van der Waals surface area contributed by atoms with E-state index >= 15 is 0 Å². The van der Waals surface area contributed by atoms with Crippen LogP contribution in [0.3, 0.4) is 0 Å². The molecule has 1 saturated heterocycles. The van der Waals surface area contributed by atoms with Crippen LogP contribution in [-0.4, -0.2) is 28.7 Å². The minimum absolute atomic E-state index is 0.280. The van der Waals surface area contributed by atoms with Gasteiger partial charge in [0.2, 0.25) is 5.91 Å². The van der Waals surface area contributed by atoms with Gasteiger partial charge in [-0.05, 0) is 24.3 Å². The van der Waals surface area contributed by atoms with Gasteiger partial charge in [0.05, 0.1) is 5.92 Å². The van der Waals surface area contributed by atoms with Gasteiger partial charge < -0.3 is 4.74 Å². The van der Waals surface area contributed by atoms with Gasteiger partial charge in [-0.15, -0.1) is 0 Å². The third-order valence-electron chi connectivity index (χ3n) is 2.78. The lowest BCUT2D eigenvalue weighted by Gasteiger charge is -2.14. The molecule has 1 aliphatic rings. The molecule has 1 aromatic carbocycles. The van der Waals surface area contributed by atoms with Gasteiger partial charge in [0.25, 0.3) is 5.24 Å². The molecule has 20 heavy (non-hydrogen) atoms. The van der Waals surface area contributed by atoms with E-state index in [0.717, 1.165) is 11.8 Å². The van der Waals surface area contributed by atoms with E-state index in [2.05, 4.69) is 5.32 Å². The van der Waals surface area contributed by atoms with Crippen LogP contribution in [0, 0.1) is 5.92 Å². The van der Waals surface area contributed by atoms with E-state index in [0.29, 0.717) is 11.8 Å². The summed E-state index contributed by atoms with van der Waals surface area (Å²) < 4.78 is 5.11. The van der Waals surface area contributed by atoms with Crippen LogP contribution < -0.4 is 10.1 Å². The number of hydrogen-bond donors (Lipinski definition) is 1. The zero-order valence-corrected chi connectivity index (χ0v) is 11.3. The van der Waals surface area contributed by atoms with E-state index in [4.69, 9.17) is 4.74 Å². The zero-order chi connectivity index (χ0) is 14.7. The number of amides is 2. The molecule has 0 radical (unpaired) electrons. The van der Waals surface area contributed by atoms with Crippen molar-refractivity contribution in [3.05, 3.63) is 29.8 Å². The molecule has 1 aromatic rings. The molecule has 1 fully saturated rings. The predicted molar refractivity (Wildman–Crippen MR) is 71.5 cm³/mol. The maximum Gasteiger partial charge on any atom is 0.315 e. The molecule has 0 spiro atoms. The summed E-state index contributed by atoms with van der Waals surface area (Å²) in [5.74, 6) is -1.56. The number of nitrogens with one attached hydrogen (secondary N) is 1. The number of imide groups is 1. The molecule has 0 aromatic heterocycles. The van der Waals surface area contributed by atoms with Crippen molar-refractivity contribution in [2.24, 2.45) is 5.92 Å². The van der Waals surface area contributed by atoms with Crippen molar-refractivity contribution in [2.75, 3.05) is 0 Å². The van der Waals surface area contributed by atoms with Crippen molar-refractivity contribution in [2.45, 2.75) is 12.2 Å². The summed E-state index contributed by atoms with van der Waals surface area (Å²) in [6.07, 6.45) is 0.680. The molecule has 2 rings (SSSR count). The summed E-state index contributed by atoms with van der Waals surface area (Å²) in [7, 11) is 0. The monoisotopic (exact) mass is 293 g/mol. The Labute approximate surface area is 118 Å². The SMILES string of the molecule is CC(C(=O)Oc1ccc(C=O)cc1)C1SC(=O)NC1=O. The van der Waals surface area contributed by atoms with Crippen molar-refractivity contribution in [3.63, 3.8) is 0 Å². The average Bonchev–Trinajstić information content (AvgIpc) is 2.77. The molecule has 7 heteroatoms. The molecule has 0 saturated carbocycles. The van der Waals surface area contributed by atoms with E-state index in [9.17, 15) is 19.2 Å². The molecule has 1 aliphatic heterocycles. The van der Waals surface area contributed by atoms with E-state index < -0.39 is 28.3 Å². The summed E-state index contributed by atoms with van der Waals surface area (Å²) >= 11 is 0.780. The molecular formula is C13H11NO5S. The van der Waals surface area contributed by atoms with Crippen LogP contribution in [0.15, 0.2) is 24.3 Å². The van der Waals surface area contributed by atoms with Crippen molar-refractivity contribution >= 4 is 35.2 Å². The van der Waals surface area contributed by atoms with Crippen LogP contribution in [-0.2, 0) is 9.59 Å². The molecule has 2 unspecified atom stereocenters. The van der Waals surface area contributed by atoms with Crippen molar-refractivity contribution < 1.29 is 23.9 Å². The van der Waals surface area contributed by atoms with Gasteiger partial charge in [-0.3, -0.25) is 24.5 Å². The Morgan fingerprint density at radius 2 is 2.00 bits per heavy atom. The number of benzene rings is 1. The van der Waals surface area contributed by atoms with Crippen molar-refractivity contribution in [1.29, 1.82) is 0 Å². The molecular weight excluding hydrogens is 282 g/mol. The van der Waals surface area contributed by atoms with Gasteiger partial charge >= 0.3 is 5.97 Å². The first kappa shape index (κ1) is 14.3. The van der Waals surface area contributed by atoms with Crippen LogP contribution in [0.4, 0.5) is 4.79 Å². The standard InChI is InChI=1S/C13H11NO5S/c1-7(10-11(16)14-13(18)20-10)12(17)19-9-4-2-8(6-15)3-5-9/h2-7,10H,1H3,(H,14,16,18). The number of ether oxygens (including phenoxy) is 1. The third-order valence-corrected chi connectivity index (χ3v) is 3.97. The highest BCUT2D eigenvalue weighted by Crippen LogP contribution is 2.27. The van der Waals surface area contributed by atoms with Gasteiger partial charge in [0.1, 0.15) is 17.3 Å². The third kappa shape index (κ3) is 3.05. The molecule has 2 atom stereocenters. The second kappa shape index (κ2) is 5.87. The fourth-order valence-corrected chi connectivity index (χ4v) is 2.52. The maximum atomic E-state index is 11.9. The maximum absolute atomic E-state index is 11.9. The fraction of sp³-hybridized carbons (Fsp3) is 0.231. The number of carbonyl (C=O) groups excluding carboxylic acids is 4. The number of hydrogen-bond acceptors (Lipinski definition) is 6. The predicted octanol–water partition coefficient (Wildman–Crippen LogP) is 1.39. The van der Waals surface area contributed by atoms with Gasteiger partial charge in [-0.1, -0.05) is 18.7 Å². The Morgan fingerprint density at radius 1 is 1.35 bits per heavy atom. The number of aldehydes is 1. The van der Waals surface area contributed by atoms with E-state index in [-0.39, 0.29) is 5.75 Å². The van der Waals surface area contributed by atoms with Crippen LogP contribution in [0.25, 0.3) is 0 Å². The summed E-state index contributed by atoms with van der Waals surface area (Å²) in [6.45, 7) is 1.53. The van der Waals surface area contributed by atoms with Gasteiger partial charge in [-0.2, -0.15) is 0 Å². The highest BCUT2D eigenvalue weighted by Gasteiger charge is 2.39. The summed E-state index contributed by atoms with van der Waals surface area (Å²) in [6, 6.07) is 6.00. The summed E-state index contributed by atoms with van der Waals surface area (Å²) in [5.41, 5.74) is 0.467. The Bertz CT molecular complexity index is 569. The van der Waals surface area contributed by atoms with Crippen LogP contribution in [0.1, 0.15) is 17.3 Å². The van der Waals surface area contributed by atoms with Crippen molar-refractivity contribution in [3.8, 4) is 5.75 Å². The highest BCUT2D eigenvalue weighted by molar-refractivity contribution is 8.15. The number of rotatable bonds is 4. The molecule has 104 valence electrons. The Hall–Kier alpha value is -2.15. The topological polar surface area (TPSA) is 89.5 Å². The summed E-state index contributed by atoms with van der Waals surface area (Å²) in [4.78, 5) is 44.9. The van der Waals surface area contributed by atoms with E-state index in [1.54, 1.807) is 0 Å². The Kier molecular flexibility index (Phi) is 4.19. The van der Waals surface area contributed by atoms with Crippen molar-refractivity contribution in [1.82, 2.24) is 5.32 Å². The molecule has 2 amide bonds. The molecule has 6 nitrogen and oxygen atoms in total. The fourth-order valence-electron chi connectivity index (χ4n) is 1.65. The normalized spacial score (nSPS) is 19.4. The quantitative estimate of drug-likeness (QED) is 0.512. The minimum Gasteiger partial charge on any atom is -0.426 e. The average molecular weight is 293 g/mol. The van der Waals surface area contributed by atoms with E-state index in [1.165, 1.54) is 31.2 Å². The molecule has 0 aliphatic carbocycles. The number of thioether (sulfide) groups is 1. The molecule has 0 bridgehead atoms. The second-order valence-electron chi connectivity index (χ2n) is 4.21. The Balaban J connectivity index is 2.01. The highest BCUT2D eigenvalue weighted by atomic mass is 32.2. The molecule has 1 heterocycles. The minimum atomic E-state index is -0.774. The van der Waals surface area contributed by atoms with Gasteiger partial charge in [0, 0.05) is 5.56 Å².